The van der Waals surface area contributed by atoms with E-state index in [4.69, 9.17) is 9.26 Å². The number of aryl methyl sites for hydroxylation is 1. The summed E-state index contributed by atoms with van der Waals surface area (Å²) in [6, 6.07) is 5.94. The molecule has 1 aromatic carbocycles. The standard InChI is InChI=1S/C16H21BrN2O2/c1-11-7-13(17)8-12(9-18-16(2,3)4)15(11)20-10-14-5-6-19-21-14/h5-8,18H,9-10H2,1-4H3. The number of nitrogens with zero attached hydrogens (tertiary/aromatic N) is 1. The molecule has 0 aliphatic heterocycles. The summed E-state index contributed by atoms with van der Waals surface area (Å²) in [6.45, 7) is 9.61. The Hall–Kier alpha value is -1.33. The van der Waals surface area contributed by atoms with Crippen LogP contribution >= 0.6 is 15.9 Å². The molecule has 0 aliphatic carbocycles. The van der Waals surface area contributed by atoms with Crippen LogP contribution in [0.3, 0.4) is 0 Å². The maximum Gasteiger partial charge on any atom is 0.174 e. The molecule has 1 aromatic heterocycles. The zero-order chi connectivity index (χ0) is 15.5. The summed E-state index contributed by atoms with van der Waals surface area (Å²) in [6.07, 6.45) is 1.62. The molecule has 0 bridgehead atoms. The highest BCUT2D eigenvalue weighted by atomic mass is 79.9. The largest absolute Gasteiger partial charge is 0.485 e. The fourth-order valence-corrected chi connectivity index (χ4v) is 2.58. The Morgan fingerprint density at radius 3 is 2.71 bits per heavy atom. The van der Waals surface area contributed by atoms with Crippen LogP contribution in [-0.2, 0) is 13.2 Å². The summed E-state index contributed by atoms with van der Waals surface area (Å²) >= 11 is 3.55. The summed E-state index contributed by atoms with van der Waals surface area (Å²) in [5.41, 5.74) is 2.27. The van der Waals surface area contributed by atoms with Gasteiger partial charge in [-0.25, -0.2) is 0 Å². The Bertz CT molecular complexity index is 589. The van der Waals surface area contributed by atoms with Gasteiger partial charge in [-0.2, -0.15) is 0 Å². The highest BCUT2D eigenvalue weighted by Crippen LogP contribution is 2.29. The number of aromatic nitrogens is 1. The van der Waals surface area contributed by atoms with Crippen molar-refractivity contribution in [3.8, 4) is 5.75 Å². The van der Waals surface area contributed by atoms with Gasteiger partial charge in [-0.05, 0) is 45.4 Å². The lowest BCUT2D eigenvalue weighted by Gasteiger charge is -2.22. The van der Waals surface area contributed by atoms with Crippen LogP contribution in [-0.4, -0.2) is 10.7 Å². The Kier molecular flexibility index (Phi) is 5.06. The number of hydrogen-bond acceptors (Lipinski definition) is 4. The van der Waals surface area contributed by atoms with E-state index in [1.807, 2.05) is 6.92 Å². The molecule has 21 heavy (non-hydrogen) atoms. The molecule has 0 spiro atoms. The molecule has 4 nitrogen and oxygen atoms in total. The Labute approximate surface area is 134 Å². The van der Waals surface area contributed by atoms with Gasteiger partial charge in [0.1, 0.15) is 12.4 Å². The van der Waals surface area contributed by atoms with Gasteiger partial charge < -0.3 is 14.6 Å². The Morgan fingerprint density at radius 1 is 1.33 bits per heavy atom. The predicted molar refractivity (Wildman–Crippen MR) is 86.3 cm³/mol. The maximum absolute atomic E-state index is 5.94. The first-order chi connectivity index (χ1) is 9.85. The second-order valence-corrected chi connectivity index (χ2v) is 7.00. The quantitative estimate of drug-likeness (QED) is 0.875. The molecule has 2 aromatic rings. The SMILES string of the molecule is Cc1cc(Br)cc(CNC(C)(C)C)c1OCc1ccno1. The van der Waals surface area contributed by atoms with Crippen LogP contribution in [0.2, 0.25) is 0 Å². The second-order valence-electron chi connectivity index (χ2n) is 6.08. The van der Waals surface area contributed by atoms with E-state index in [0.29, 0.717) is 12.4 Å². The zero-order valence-corrected chi connectivity index (χ0v) is 14.5. The van der Waals surface area contributed by atoms with Gasteiger partial charge >= 0.3 is 0 Å². The highest BCUT2D eigenvalue weighted by molar-refractivity contribution is 9.10. The summed E-state index contributed by atoms with van der Waals surface area (Å²) in [4.78, 5) is 0. The van der Waals surface area contributed by atoms with Crippen LogP contribution in [0, 0.1) is 6.92 Å². The van der Waals surface area contributed by atoms with E-state index >= 15 is 0 Å². The molecule has 114 valence electrons. The summed E-state index contributed by atoms with van der Waals surface area (Å²) in [5, 5.41) is 7.18. The molecule has 0 unspecified atom stereocenters. The van der Waals surface area contributed by atoms with E-state index in [9.17, 15) is 0 Å². The maximum atomic E-state index is 5.94. The second kappa shape index (κ2) is 6.62. The number of hydrogen-bond donors (Lipinski definition) is 1. The monoisotopic (exact) mass is 352 g/mol. The number of benzene rings is 1. The molecule has 0 aliphatic rings. The number of ether oxygens (including phenoxy) is 1. The number of rotatable bonds is 5. The van der Waals surface area contributed by atoms with Crippen molar-refractivity contribution in [2.75, 3.05) is 0 Å². The van der Waals surface area contributed by atoms with Crippen molar-refractivity contribution >= 4 is 15.9 Å². The van der Waals surface area contributed by atoms with Crippen LogP contribution in [0.15, 0.2) is 33.4 Å². The molecular formula is C16H21BrN2O2. The lowest BCUT2D eigenvalue weighted by molar-refractivity contribution is 0.245. The molecule has 1 heterocycles. The van der Waals surface area contributed by atoms with Crippen molar-refractivity contribution in [2.24, 2.45) is 0 Å². The molecule has 5 heteroatoms. The Morgan fingerprint density at radius 2 is 2.10 bits per heavy atom. The summed E-state index contributed by atoms with van der Waals surface area (Å²) < 4.78 is 12.1. The number of nitrogens with one attached hydrogen (secondary N) is 1. The van der Waals surface area contributed by atoms with Crippen LogP contribution in [0.4, 0.5) is 0 Å². The normalized spacial score (nSPS) is 11.7. The van der Waals surface area contributed by atoms with E-state index in [0.717, 1.165) is 27.9 Å². The van der Waals surface area contributed by atoms with Gasteiger partial charge in [-0.3, -0.25) is 0 Å². The van der Waals surface area contributed by atoms with Gasteiger partial charge in [0.05, 0.1) is 6.20 Å². The molecule has 2 rings (SSSR count). The van der Waals surface area contributed by atoms with Crippen molar-refractivity contribution in [1.29, 1.82) is 0 Å². The first-order valence-electron chi connectivity index (χ1n) is 6.91. The fraction of sp³-hybridized carbons (Fsp3) is 0.438. The summed E-state index contributed by atoms with van der Waals surface area (Å²) in [7, 11) is 0. The third-order valence-corrected chi connectivity index (χ3v) is 3.43. The third kappa shape index (κ3) is 4.86. The minimum atomic E-state index is 0.0540. The molecular weight excluding hydrogens is 332 g/mol. The van der Waals surface area contributed by atoms with Crippen molar-refractivity contribution in [2.45, 2.75) is 46.4 Å². The molecule has 0 fully saturated rings. The highest BCUT2D eigenvalue weighted by Gasteiger charge is 2.14. The molecule has 0 saturated heterocycles. The fourth-order valence-electron chi connectivity index (χ4n) is 1.96. The summed E-state index contributed by atoms with van der Waals surface area (Å²) in [5.74, 6) is 1.61. The first-order valence-corrected chi connectivity index (χ1v) is 7.71. The van der Waals surface area contributed by atoms with Crippen molar-refractivity contribution in [3.05, 3.63) is 45.8 Å². The van der Waals surface area contributed by atoms with Crippen LogP contribution in [0.1, 0.15) is 37.7 Å². The third-order valence-electron chi connectivity index (χ3n) is 2.98. The smallest absolute Gasteiger partial charge is 0.174 e. The van der Waals surface area contributed by atoms with Gasteiger partial charge in [-0.1, -0.05) is 21.1 Å². The minimum Gasteiger partial charge on any atom is -0.485 e. The first kappa shape index (κ1) is 16.0. The average Bonchev–Trinajstić information content (AvgIpc) is 2.87. The van der Waals surface area contributed by atoms with Crippen LogP contribution in [0.5, 0.6) is 5.75 Å². The molecule has 0 radical (unpaired) electrons. The van der Waals surface area contributed by atoms with Crippen molar-refractivity contribution < 1.29 is 9.26 Å². The van der Waals surface area contributed by atoms with Gasteiger partial charge in [0.15, 0.2) is 5.76 Å². The average molecular weight is 353 g/mol. The van der Waals surface area contributed by atoms with Crippen LogP contribution in [0.25, 0.3) is 0 Å². The van der Waals surface area contributed by atoms with E-state index in [1.165, 1.54) is 0 Å². The molecule has 0 amide bonds. The molecule has 0 saturated carbocycles. The van der Waals surface area contributed by atoms with Crippen molar-refractivity contribution in [3.63, 3.8) is 0 Å². The number of halogens is 1. The van der Waals surface area contributed by atoms with E-state index in [2.05, 4.69) is 59.3 Å². The van der Waals surface area contributed by atoms with Crippen LogP contribution < -0.4 is 10.1 Å². The molecule has 0 atom stereocenters. The lowest BCUT2D eigenvalue weighted by atomic mass is 10.1. The van der Waals surface area contributed by atoms with E-state index in [1.54, 1.807) is 12.3 Å². The zero-order valence-electron chi connectivity index (χ0n) is 12.9. The lowest BCUT2D eigenvalue weighted by Crippen LogP contribution is -2.35. The van der Waals surface area contributed by atoms with E-state index in [-0.39, 0.29) is 5.54 Å². The van der Waals surface area contributed by atoms with Gasteiger partial charge in [0.25, 0.3) is 0 Å². The predicted octanol–water partition coefficient (Wildman–Crippen LogP) is 4.21. The molecule has 1 N–H and O–H groups in total. The van der Waals surface area contributed by atoms with Crippen molar-refractivity contribution in [1.82, 2.24) is 10.5 Å². The van der Waals surface area contributed by atoms with Gasteiger partial charge in [0.2, 0.25) is 0 Å². The minimum absolute atomic E-state index is 0.0540. The van der Waals surface area contributed by atoms with Gasteiger partial charge in [-0.15, -0.1) is 0 Å². The topological polar surface area (TPSA) is 47.3 Å². The Balaban J connectivity index is 2.17. The van der Waals surface area contributed by atoms with Gasteiger partial charge in [0, 0.05) is 28.2 Å². The van der Waals surface area contributed by atoms with E-state index < -0.39 is 0 Å².